The van der Waals surface area contributed by atoms with Gasteiger partial charge in [-0.2, -0.15) is 0 Å². The Kier molecular flexibility index (Phi) is 4.38. The number of aromatic carboxylic acids is 1. The first kappa shape index (κ1) is 13.1. The van der Waals surface area contributed by atoms with Gasteiger partial charge in [0.1, 0.15) is 5.76 Å². The Bertz CT molecular complexity index is 401. The van der Waals surface area contributed by atoms with E-state index in [1.165, 1.54) is 12.5 Å². The van der Waals surface area contributed by atoms with Gasteiger partial charge in [-0.25, -0.2) is 4.79 Å². The molecule has 18 heavy (non-hydrogen) atoms. The van der Waals surface area contributed by atoms with Crippen molar-refractivity contribution in [1.82, 2.24) is 5.32 Å². The second kappa shape index (κ2) is 6.02. The lowest BCUT2D eigenvalue weighted by Gasteiger charge is -2.17. The SMILES string of the molecule is O=C(O)c1ccc(CNCC2CCCC2CO)o1. The van der Waals surface area contributed by atoms with Crippen molar-refractivity contribution >= 4 is 5.97 Å². The average Bonchev–Trinajstić information content (AvgIpc) is 2.97. The fraction of sp³-hybridized carbons (Fsp3) is 0.615. The molecule has 2 rings (SSSR count). The van der Waals surface area contributed by atoms with Gasteiger partial charge in [-0.3, -0.25) is 0 Å². The lowest BCUT2D eigenvalue weighted by atomic mass is 9.97. The highest BCUT2D eigenvalue weighted by atomic mass is 16.4. The van der Waals surface area contributed by atoms with E-state index in [0.717, 1.165) is 19.4 Å². The largest absolute Gasteiger partial charge is 0.475 e. The van der Waals surface area contributed by atoms with Crippen molar-refractivity contribution in [3.8, 4) is 0 Å². The molecular formula is C13H19NO4. The molecule has 5 heteroatoms. The number of carboxylic acid groups (broad SMARTS) is 1. The summed E-state index contributed by atoms with van der Waals surface area (Å²) >= 11 is 0. The second-order valence-corrected chi connectivity index (χ2v) is 4.84. The van der Waals surface area contributed by atoms with Gasteiger partial charge in [0.15, 0.2) is 0 Å². The van der Waals surface area contributed by atoms with E-state index >= 15 is 0 Å². The van der Waals surface area contributed by atoms with Crippen LogP contribution < -0.4 is 5.32 Å². The Morgan fingerprint density at radius 3 is 2.83 bits per heavy atom. The minimum absolute atomic E-state index is 0.0269. The van der Waals surface area contributed by atoms with Gasteiger partial charge in [-0.05, 0) is 43.4 Å². The zero-order valence-electron chi connectivity index (χ0n) is 10.3. The van der Waals surface area contributed by atoms with Gasteiger partial charge < -0.3 is 19.9 Å². The number of hydrogen-bond acceptors (Lipinski definition) is 4. The fourth-order valence-corrected chi connectivity index (χ4v) is 2.59. The van der Waals surface area contributed by atoms with E-state index in [4.69, 9.17) is 9.52 Å². The number of furan rings is 1. The van der Waals surface area contributed by atoms with Gasteiger partial charge in [-0.1, -0.05) is 6.42 Å². The van der Waals surface area contributed by atoms with E-state index in [1.807, 2.05) is 0 Å². The maximum absolute atomic E-state index is 10.6. The molecule has 0 spiro atoms. The highest BCUT2D eigenvalue weighted by Gasteiger charge is 2.25. The second-order valence-electron chi connectivity index (χ2n) is 4.84. The zero-order valence-corrected chi connectivity index (χ0v) is 10.3. The maximum atomic E-state index is 10.6. The molecule has 0 radical (unpaired) electrons. The van der Waals surface area contributed by atoms with Crippen molar-refractivity contribution in [2.45, 2.75) is 25.8 Å². The molecule has 3 N–H and O–H groups in total. The van der Waals surface area contributed by atoms with Crippen molar-refractivity contribution in [1.29, 1.82) is 0 Å². The van der Waals surface area contributed by atoms with Crippen LogP contribution in [0, 0.1) is 11.8 Å². The van der Waals surface area contributed by atoms with Crippen molar-refractivity contribution in [2.24, 2.45) is 11.8 Å². The van der Waals surface area contributed by atoms with Crippen LogP contribution in [-0.4, -0.2) is 29.3 Å². The first-order valence-corrected chi connectivity index (χ1v) is 6.34. The van der Waals surface area contributed by atoms with Gasteiger partial charge in [0.05, 0.1) is 6.54 Å². The van der Waals surface area contributed by atoms with Crippen LogP contribution in [0.3, 0.4) is 0 Å². The van der Waals surface area contributed by atoms with Gasteiger partial charge in [-0.15, -0.1) is 0 Å². The summed E-state index contributed by atoms with van der Waals surface area (Å²) in [6.45, 7) is 1.63. The molecule has 0 aliphatic heterocycles. The summed E-state index contributed by atoms with van der Waals surface area (Å²) in [4.78, 5) is 10.6. The highest BCUT2D eigenvalue weighted by Crippen LogP contribution is 2.30. The van der Waals surface area contributed by atoms with E-state index in [-0.39, 0.29) is 12.4 Å². The van der Waals surface area contributed by atoms with Gasteiger partial charge in [0, 0.05) is 6.61 Å². The minimum Gasteiger partial charge on any atom is -0.475 e. The summed E-state index contributed by atoms with van der Waals surface area (Å²) in [6.07, 6.45) is 3.44. The van der Waals surface area contributed by atoms with Crippen LogP contribution in [0.15, 0.2) is 16.5 Å². The van der Waals surface area contributed by atoms with Crippen LogP contribution >= 0.6 is 0 Å². The molecule has 0 saturated heterocycles. The number of carboxylic acids is 1. The molecule has 100 valence electrons. The molecule has 1 aliphatic carbocycles. The first-order chi connectivity index (χ1) is 8.70. The van der Waals surface area contributed by atoms with Crippen molar-refractivity contribution in [3.05, 3.63) is 23.7 Å². The third kappa shape index (κ3) is 3.11. The molecule has 0 amide bonds. The molecule has 1 heterocycles. The number of rotatable bonds is 6. The number of carbonyl (C=O) groups is 1. The van der Waals surface area contributed by atoms with Gasteiger partial charge >= 0.3 is 5.97 Å². The van der Waals surface area contributed by atoms with Crippen LogP contribution in [0.4, 0.5) is 0 Å². The molecule has 0 bridgehead atoms. The molecule has 1 saturated carbocycles. The fourth-order valence-electron chi connectivity index (χ4n) is 2.59. The first-order valence-electron chi connectivity index (χ1n) is 6.34. The summed E-state index contributed by atoms with van der Waals surface area (Å²) in [5, 5.41) is 21.2. The van der Waals surface area contributed by atoms with Crippen molar-refractivity contribution in [3.63, 3.8) is 0 Å². The van der Waals surface area contributed by atoms with Crippen LogP contribution in [0.2, 0.25) is 0 Å². The van der Waals surface area contributed by atoms with E-state index < -0.39 is 5.97 Å². The highest BCUT2D eigenvalue weighted by molar-refractivity contribution is 5.84. The summed E-state index contributed by atoms with van der Waals surface area (Å²) in [7, 11) is 0. The van der Waals surface area contributed by atoms with E-state index in [2.05, 4.69) is 5.32 Å². The monoisotopic (exact) mass is 253 g/mol. The lowest BCUT2D eigenvalue weighted by Crippen LogP contribution is -2.26. The third-order valence-electron chi connectivity index (χ3n) is 3.63. The lowest BCUT2D eigenvalue weighted by molar-refractivity contribution is 0.0660. The third-order valence-corrected chi connectivity index (χ3v) is 3.63. The Morgan fingerprint density at radius 2 is 2.17 bits per heavy atom. The predicted molar refractivity (Wildman–Crippen MR) is 65.3 cm³/mol. The Hall–Kier alpha value is -1.33. The average molecular weight is 253 g/mol. The number of aliphatic hydroxyl groups excluding tert-OH is 1. The van der Waals surface area contributed by atoms with Crippen LogP contribution in [-0.2, 0) is 6.54 Å². The summed E-state index contributed by atoms with van der Waals surface area (Å²) in [5.41, 5.74) is 0. The minimum atomic E-state index is -1.04. The van der Waals surface area contributed by atoms with E-state index in [9.17, 15) is 9.90 Å². The van der Waals surface area contributed by atoms with Crippen molar-refractivity contribution < 1.29 is 19.4 Å². The van der Waals surface area contributed by atoms with E-state index in [1.54, 1.807) is 6.07 Å². The van der Waals surface area contributed by atoms with Crippen molar-refractivity contribution in [2.75, 3.05) is 13.2 Å². The van der Waals surface area contributed by atoms with Crippen LogP contribution in [0.5, 0.6) is 0 Å². The van der Waals surface area contributed by atoms with Gasteiger partial charge in [0.2, 0.25) is 5.76 Å². The number of aliphatic hydroxyl groups is 1. The number of hydrogen-bond donors (Lipinski definition) is 3. The quantitative estimate of drug-likeness (QED) is 0.715. The summed E-state index contributed by atoms with van der Waals surface area (Å²) < 4.78 is 5.15. The molecule has 1 fully saturated rings. The molecule has 1 aliphatic rings. The molecule has 2 unspecified atom stereocenters. The predicted octanol–water partition coefficient (Wildman–Crippen LogP) is 1.48. The number of nitrogens with one attached hydrogen (secondary N) is 1. The molecule has 5 nitrogen and oxygen atoms in total. The topological polar surface area (TPSA) is 82.7 Å². The zero-order chi connectivity index (χ0) is 13.0. The van der Waals surface area contributed by atoms with Crippen LogP contribution in [0.1, 0.15) is 35.6 Å². The molecular weight excluding hydrogens is 234 g/mol. The Morgan fingerprint density at radius 1 is 1.39 bits per heavy atom. The van der Waals surface area contributed by atoms with Crippen LogP contribution in [0.25, 0.3) is 0 Å². The molecule has 1 aromatic heterocycles. The van der Waals surface area contributed by atoms with Gasteiger partial charge in [0.25, 0.3) is 0 Å². The molecule has 1 aromatic rings. The Labute approximate surface area is 106 Å². The summed E-state index contributed by atoms with van der Waals surface area (Å²) in [5.74, 6) is 0.483. The van der Waals surface area contributed by atoms with E-state index in [0.29, 0.717) is 24.1 Å². The maximum Gasteiger partial charge on any atom is 0.371 e. The molecule has 2 atom stereocenters. The standard InChI is InChI=1S/C13H19NO4/c15-8-10-3-1-2-9(10)6-14-7-11-4-5-12(18-11)13(16)17/h4-5,9-10,14-15H,1-3,6-8H2,(H,16,17). The normalized spacial score (nSPS) is 23.4. The Balaban J connectivity index is 1.76. The molecule has 0 aromatic carbocycles. The smallest absolute Gasteiger partial charge is 0.371 e. The summed E-state index contributed by atoms with van der Waals surface area (Å²) in [6, 6.07) is 3.14.